The van der Waals surface area contributed by atoms with Crippen LogP contribution in [-0.4, -0.2) is 7.85 Å². The topological polar surface area (TPSA) is 0 Å². The molecule has 2 heteroatoms. The summed E-state index contributed by atoms with van der Waals surface area (Å²) in [4.78, 5) is 0. The molecule has 0 aromatic heterocycles. The van der Waals surface area contributed by atoms with E-state index in [1.54, 1.807) is 5.57 Å². The predicted octanol–water partition coefficient (Wildman–Crippen LogP) is 6.27. The Hall–Kier alpha value is 1.20. The van der Waals surface area contributed by atoms with Crippen molar-refractivity contribution in [1.29, 1.82) is 0 Å². The van der Waals surface area contributed by atoms with Crippen molar-refractivity contribution in [2.45, 2.75) is 57.8 Å². The highest BCUT2D eigenvalue weighted by atomic mass is 127. The predicted molar refractivity (Wildman–Crippen MR) is 97.5 cm³/mol. The largest absolute Gasteiger partial charge is 0.0857 e. The van der Waals surface area contributed by atoms with Crippen molar-refractivity contribution in [2.75, 3.05) is 4.43 Å². The SMILES string of the molecule is CC(C)/C=C(\CCC(C)(I)C(C)C)C(C)CI. The van der Waals surface area contributed by atoms with Crippen LogP contribution < -0.4 is 0 Å². The summed E-state index contributed by atoms with van der Waals surface area (Å²) in [5.74, 6) is 2.16. The minimum absolute atomic E-state index is 0.429. The first-order valence-corrected chi connectivity index (χ1v) is 9.26. The summed E-state index contributed by atoms with van der Waals surface area (Å²) in [5, 5.41) is 0. The fraction of sp³-hybridized carbons (Fsp3) is 0.867. The maximum Gasteiger partial charge on any atom is 0.0220 e. The molecule has 0 saturated carbocycles. The minimum atomic E-state index is 0.429. The van der Waals surface area contributed by atoms with Gasteiger partial charge in [0, 0.05) is 7.85 Å². The maximum atomic E-state index is 2.64. The molecule has 102 valence electrons. The van der Waals surface area contributed by atoms with Crippen LogP contribution in [0.5, 0.6) is 0 Å². The van der Waals surface area contributed by atoms with Crippen molar-refractivity contribution >= 4 is 45.2 Å². The maximum absolute atomic E-state index is 2.64. The molecule has 0 aromatic carbocycles. The van der Waals surface area contributed by atoms with Crippen molar-refractivity contribution < 1.29 is 0 Å². The Balaban J connectivity index is 4.57. The fourth-order valence-corrected chi connectivity index (χ4v) is 2.53. The Bertz CT molecular complexity index is 239. The van der Waals surface area contributed by atoms with E-state index in [1.165, 1.54) is 17.3 Å². The molecule has 0 rings (SSSR count). The van der Waals surface area contributed by atoms with Crippen LogP contribution in [0.1, 0.15) is 54.4 Å². The van der Waals surface area contributed by atoms with Gasteiger partial charge in [-0.2, -0.15) is 0 Å². The molecule has 2 unspecified atom stereocenters. The van der Waals surface area contributed by atoms with Crippen LogP contribution in [0, 0.1) is 17.8 Å². The fourth-order valence-electron chi connectivity index (χ4n) is 1.70. The van der Waals surface area contributed by atoms with E-state index >= 15 is 0 Å². The molecule has 0 nitrogen and oxygen atoms in total. The molecule has 0 heterocycles. The van der Waals surface area contributed by atoms with Gasteiger partial charge in [-0.3, -0.25) is 0 Å². The lowest BCUT2D eigenvalue weighted by atomic mass is 9.87. The molecule has 2 atom stereocenters. The molecule has 0 saturated heterocycles. The minimum Gasteiger partial charge on any atom is -0.0857 e. The van der Waals surface area contributed by atoms with Crippen molar-refractivity contribution in [2.24, 2.45) is 17.8 Å². The Morgan fingerprint density at radius 3 is 2.06 bits per heavy atom. The zero-order valence-corrected chi connectivity index (χ0v) is 16.5. The standard InChI is InChI=1S/C15H28I2/c1-11(2)9-14(13(5)10-16)7-8-15(6,17)12(3)4/h9,11-13H,7-8,10H2,1-6H3/b14-9+. The first-order valence-electron chi connectivity index (χ1n) is 6.66. The lowest BCUT2D eigenvalue weighted by molar-refractivity contribution is 0.454. The first-order chi connectivity index (χ1) is 7.70. The highest BCUT2D eigenvalue weighted by Crippen LogP contribution is 2.35. The molecular formula is C15H28I2. The molecule has 0 N–H and O–H groups in total. The second-order valence-corrected chi connectivity index (χ2v) is 9.32. The number of halogens is 2. The van der Waals surface area contributed by atoms with Gasteiger partial charge in [-0.25, -0.2) is 0 Å². The first kappa shape index (κ1) is 18.2. The Kier molecular flexibility index (Phi) is 8.98. The van der Waals surface area contributed by atoms with Gasteiger partial charge in [0.15, 0.2) is 0 Å². The smallest absolute Gasteiger partial charge is 0.0220 e. The second-order valence-electron chi connectivity index (χ2n) is 5.97. The number of allylic oxidation sites excluding steroid dienone is 2. The highest BCUT2D eigenvalue weighted by molar-refractivity contribution is 14.1. The number of alkyl halides is 2. The van der Waals surface area contributed by atoms with E-state index in [2.05, 4.69) is 92.8 Å². The van der Waals surface area contributed by atoms with Gasteiger partial charge in [-0.05, 0) is 30.6 Å². The van der Waals surface area contributed by atoms with Crippen molar-refractivity contribution in [3.8, 4) is 0 Å². The lowest BCUT2D eigenvalue weighted by Crippen LogP contribution is -2.23. The van der Waals surface area contributed by atoms with E-state index in [1.807, 2.05) is 0 Å². The summed E-state index contributed by atoms with van der Waals surface area (Å²) in [7, 11) is 0. The van der Waals surface area contributed by atoms with Crippen molar-refractivity contribution in [3.05, 3.63) is 11.6 Å². The molecule has 17 heavy (non-hydrogen) atoms. The van der Waals surface area contributed by atoms with Gasteiger partial charge < -0.3 is 0 Å². The lowest BCUT2D eigenvalue weighted by Gasteiger charge is -2.28. The van der Waals surface area contributed by atoms with Crippen molar-refractivity contribution in [3.63, 3.8) is 0 Å². The molecule has 0 aliphatic heterocycles. The van der Waals surface area contributed by atoms with Crippen LogP contribution in [0.4, 0.5) is 0 Å². The summed E-state index contributed by atoms with van der Waals surface area (Å²) < 4.78 is 1.66. The normalized spacial score (nSPS) is 18.6. The van der Waals surface area contributed by atoms with Crippen LogP contribution in [0.25, 0.3) is 0 Å². The molecule has 0 fully saturated rings. The quantitative estimate of drug-likeness (QED) is 0.238. The molecule has 0 aliphatic carbocycles. The number of hydrogen-bond donors (Lipinski definition) is 0. The van der Waals surface area contributed by atoms with Crippen molar-refractivity contribution in [1.82, 2.24) is 0 Å². The monoisotopic (exact) mass is 462 g/mol. The highest BCUT2D eigenvalue weighted by Gasteiger charge is 2.25. The van der Waals surface area contributed by atoms with E-state index in [4.69, 9.17) is 0 Å². The summed E-state index contributed by atoms with van der Waals surface area (Å²) in [6, 6.07) is 0. The van der Waals surface area contributed by atoms with Crippen LogP contribution in [0.3, 0.4) is 0 Å². The van der Waals surface area contributed by atoms with E-state index in [0.717, 1.165) is 11.8 Å². The molecule has 0 amide bonds. The van der Waals surface area contributed by atoms with Crippen LogP contribution in [0.2, 0.25) is 0 Å². The van der Waals surface area contributed by atoms with Gasteiger partial charge in [-0.15, -0.1) is 0 Å². The molecular weight excluding hydrogens is 434 g/mol. The zero-order chi connectivity index (χ0) is 13.6. The van der Waals surface area contributed by atoms with Crippen LogP contribution in [-0.2, 0) is 0 Å². The second kappa shape index (κ2) is 8.39. The molecule has 0 aliphatic rings. The number of rotatable bonds is 7. The molecule has 0 aromatic rings. The van der Waals surface area contributed by atoms with Gasteiger partial charge in [-0.1, -0.05) is 98.4 Å². The third-order valence-corrected chi connectivity index (χ3v) is 6.62. The Morgan fingerprint density at radius 2 is 1.71 bits per heavy atom. The Morgan fingerprint density at radius 1 is 1.18 bits per heavy atom. The third-order valence-electron chi connectivity index (χ3n) is 3.52. The summed E-state index contributed by atoms with van der Waals surface area (Å²) in [5.41, 5.74) is 1.66. The van der Waals surface area contributed by atoms with Gasteiger partial charge in [0.2, 0.25) is 0 Å². The van der Waals surface area contributed by atoms with E-state index in [-0.39, 0.29) is 0 Å². The summed E-state index contributed by atoms with van der Waals surface area (Å²) in [6.45, 7) is 14.0. The van der Waals surface area contributed by atoms with Crippen LogP contribution in [0.15, 0.2) is 11.6 Å². The van der Waals surface area contributed by atoms with E-state index in [9.17, 15) is 0 Å². The molecule has 0 radical (unpaired) electrons. The number of hydrogen-bond acceptors (Lipinski definition) is 0. The summed E-state index contributed by atoms with van der Waals surface area (Å²) >= 11 is 5.15. The molecule has 0 bridgehead atoms. The van der Waals surface area contributed by atoms with Gasteiger partial charge >= 0.3 is 0 Å². The van der Waals surface area contributed by atoms with Gasteiger partial charge in [0.25, 0.3) is 0 Å². The zero-order valence-electron chi connectivity index (χ0n) is 12.2. The van der Waals surface area contributed by atoms with Gasteiger partial charge in [0.1, 0.15) is 0 Å². The third kappa shape index (κ3) is 7.38. The van der Waals surface area contributed by atoms with Crippen LogP contribution >= 0.6 is 45.2 Å². The average molecular weight is 462 g/mol. The molecule has 0 spiro atoms. The summed E-state index contributed by atoms with van der Waals surface area (Å²) in [6.07, 6.45) is 5.04. The average Bonchev–Trinajstić information content (AvgIpc) is 2.22. The van der Waals surface area contributed by atoms with E-state index in [0.29, 0.717) is 9.34 Å². The van der Waals surface area contributed by atoms with Gasteiger partial charge in [0.05, 0.1) is 0 Å². The van der Waals surface area contributed by atoms with E-state index < -0.39 is 0 Å². The Labute approximate surface area is 136 Å².